The molecule has 2 heterocycles. The Labute approximate surface area is 191 Å². The molecular weight excluding hydrogens is 460 g/mol. The van der Waals surface area contributed by atoms with Gasteiger partial charge in [0.2, 0.25) is 0 Å². The largest absolute Gasteiger partial charge is 0.464 e. The highest BCUT2D eigenvalue weighted by Gasteiger charge is 2.35. The van der Waals surface area contributed by atoms with Crippen molar-refractivity contribution < 1.29 is 24.1 Å². The molecule has 0 bridgehead atoms. The number of piperazine rings is 1. The molecule has 1 amide bonds. The zero-order chi connectivity index (χ0) is 22.0. The summed E-state index contributed by atoms with van der Waals surface area (Å²) in [4.78, 5) is 31.6. The number of hydrogen-bond acceptors (Lipinski definition) is 3. The van der Waals surface area contributed by atoms with Gasteiger partial charge in [0.25, 0.3) is 5.91 Å². The maximum atomic E-state index is 13.2. The van der Waals surface area contributed by atoms with Crippen molar-refractivity contribution in [2.24, 2.45) is 0 Å². The molecule has 2 aromatic rings. The van der Waals surface area contributed by atoms with E-state index in [1.165, 1.54) is 44.1 Å². The highest BCUT2D eigenvalue weighted by atomic mass is 79.9. The van der Waals surface area contributed by atoms with Crippen molar-refractivity contribution in [2.75, 3.05) is 38.6 Å². The fourth-order valence-electron chi connectivity index (χ4n) is 5.21. The van der Waals surface area contributed by atoms with E-state index in [2.05, 4.69) is 26.2 Å². The number of hydrogen-bond donors (Lipinski definition) is 4. The number of ether oxygens (including phenoxy) is 1. The maximum absolute atomic E-state index is 13.2. The summed E-state index contributed by atoms with van der Waals surface area (Å²) in [6, 6.07) is 6.30. The van der Waals surface area contributed by atoms with E-state index in [9.17, 15) is 9.59 Å². The molecular formula is C23H33BrN4O3+2. The summed E-state index contributed by atoms with van der Waals surface area (Å²) < 4.78 is 5.80. The lowest BCUT2D eigenvalue weighted by Gasteiger charge is -2.37. The Hall–Kier alpha value is -1.90. The number of amides is 1. The third-order valence-corrected chi connectivity index (χ3v) is 7.61. The molecule has 0 unspecified atom stereocenters. The molecule has 31 heavy (non-hydrogen) atoms. The number of aromatic nitrogens is 1. The number of anilines is 1. The van der Waals surface area contributed by atoms with Crippen LogP contribution in [-0.4, -0.2) is 62.2 Å². The average molecular weight is 493 g/mol. The molecule has 0 spiro atoms. The van der Waals surface area contributed by atoms with Crippen LogP contribution in [0.2, 0.25) is 0 Å². The Morgan fingerprint density at radius 3 is 2.55 bits per heavy atom. The summed E-state index contributed by atoms with van der Waals surface area (Å²) in [6.07, 6.45) is 6.83. The van der Waals surface area contributed by atoms with Crippen LogP contribution >= 0.6 is 15.9 Å². The van der Waals surface area contributed by atoms with E-state index >= 15 is 0 Å². The van der Waals surface area contributed by atoms with Crippen molar-refractivity contribution >= 4 is 44.4 Å². The Morgan fingerprint density at radius 2 is 1.87 bits per heavy atom. The van der Waals surface area contributed by atoms with E-state index in [0.717, 1.165) is 47.6 Å². The maximum Gasteiger partial charge on any atom is 0.356 e. The van der Waals surface area contributed by atoms with Gasteiger partial charge < -0.3 is 24.8 Å². The highest BCUT2D eigenvalue weighted by molar-refractivity contribution is 9.10. The first-order valence-electron chi connectivity index (χ1n) is 11.4. The lowest BCUT2D eigenvalue weighted by atomic mass is 9.94. The first-order valence-corrected chi connectivity index (χ1v) is 12.2. The van der Waals surface area contributed by atoms with Gasteiger partial charge in [-0.1, -0.05) is 22.4 Å². The van der Waals surface area contributed by atoms with Gasteiger partial charge in [0.1, 0.15) is 31.9 Å². The van der Waals surface area contributed by atoms with Gasteiger partial charge in [-0.05, 0) is 50.8 Å². The monoisotopic (exact) mass is 492 g/mol. The molecule has 1 aliphatic carbocycles. The second-order valence-corrected chi connectivity index (χ2v) is 9.83. The standard InChI is InChI=1S/C23H31BrN4O3/c1-15(27-10-12-28(13-11-27)17-6-4-3-5-7-17)22(29)26-20-18-14-16(24)8-9-19(18)25-21(20)23(30)31-2/h8-9,14-15,17,25H,3-7,10-13H2,1-2H3,(H,26,29)/p+2/t15-/m1/s1. The highest BCUT2D eigenvalue weighted by Crippen LogP contribution is 2.30. The number of rotatable bonds is 5. The van der Waals surface area contributed by atoms with Crippen LogP contribution in [-0.2, 0) is 9.53 Å². The number of carbonyl (C=O) groups excluding carboxylic acids is 2. The molecule has 4 rings (SSSR count). The number of benzene rings is 1. The Bertz CT molecular complexity index is 946. The molecule has 1 aromatic heterocycles. The van der Waals surface area contributed by atoms with Crippen LogP contribution < -0.4 is 15.1 Å². The summed E-state index contributed by atoms with van der Waals surface area (Å²) in [5.41, 5.74) is 1.55. The fraction of sp³-hybridized carbons (Fsp3) is 0.565. The van der Waals surface area contributed by atoms with Crippen LogP contribution in [0.3, 0.4) is 0 Å². The van der Waals surface area contributed by atoms with E-state index < -0.39 is 5.97 Å². The molecule has 8 heteroatoms. The second kappa shape index (κ2) is 9.71. The molecule has 168 valence electrons. The van der Waals surface area contributed by atoms with Gasteiger partial charge in [-0.3, -0.25) is 4.79 Å². The molecule has 1 aliphatic heterocycles. The Balaban J connectivity index is 1.45. The number of H-pyrrole nitrogens is 1. The first-order chi connectivity index (χ1) is 15.0. The minimum atomic E-state index is -0.493. The molecule has 1 atom stereocenters. The molecule has 1 saturated carbocycles. The molecule has 2 fully saturated rings. The second-order valence-electron chi connectivity index (χ2n) is 8.92. The number of quaternary nitrogens is 2. The topological polar surface area (TPSA) is 80.1 Å². The van der Waals surface area contributed by atoms with Crippen LogP contribution in [0.15, 0.2) is 22.7 Å². The van der Waals surface area contributed by atoms with Gasteiger partial charge in [-0.2, -0.15) is 0 Å². The van der Waals surface area contributed by atoms with Crippen molar-refractivity contribution in [1.29, 1.82) is 0 Å². The van der Waals surface area contributed by atoms with Crippen LogP contribution in [0.1, 0.15) is 49.5 Å². The smallest absolute Gasteiger partial charge is 0.356 e. The third-order valence-electron chi connectivity index (χ3n) is 7.12. The number of esters is 1. The molecule has 7 nitrogen and oxygen atoms in total. The Kier molecular flexibility index (Phi) is 6.99. The van der Waals surface area contributed by atoms with Gasteiger partial charge in [0, 0.05) is 15.4 Å². The lowest BCUT2D eigenvalue weighted by Crippen LogP contribution is -3.31. The summed E-state index contributed by atoms with van der Waals surface area (Å²) >= 11 is 3.48. The van der Waals surface area contributed by atoms with Crippen molar-refractivity contribution in [1.82, 2.24) is 4.98 Å². The first kappa shape index (κ1) is 22.3. The van der Waals surface area contributed by atoms with Gasteiger partial charge in [-0.15, -0.1) is 0 Å². The number of methoxy groups -OCH3 is 1. The molecule has 0 radical (unpaired) electrons. The third kappa shape index (κ3) is 4.81. The van der Waals surface area contributed by atoms with Gasteiger partial charge in [-0.25, -0.2) is 4.79 Å². The summed E-state index contributed by atoms with van der Waals surface area (Å²) in [5.74, 6) is -0.561. The molecule has 2 aliphatic rings. The normalized spacial score (nSPS) is 23.5. The van der Waals surface area contributed by atoms with E-state index in [4.69, 9.17) is 4.74 Å². The predicted molar refractivity (Wildman–Crippen MR) is 124 cm³/mol. The Morgan fingerprint density at radius 1 is 1.16 bits per heavy atom. The fourth-order valence-corrected chi connectivity index (χ4v) is 5.57. The number of nitrogens with one attached hydrogen (secondary N) is 4. The lowest BCUT2D eigenvalue weighted by molar-refractivity contribution is -1.03. The van der Waals surface area contributed by atoms with Gasteiger partial charge >= 0.3 is 5.97 Å². The SMILES string of the molecule is COC(=O)c1[nH]c2ccc(Br)cc2c1NC(=O)[C@@H](C)[NH+]1CC[NH+](C2CCCCC2)CC1. The predicted octanol–water partition coefficient (Wildman–Crippen LogP) is 1.16. The summed E-state index contributed by atoms with van der Waals surface area (Å²) in [5, 5.41) is 3.82. The van der Waals surface area contributed by atoms with Gasteiger partial charge in [0.05, 0.1) is 18.8 Å². The molecule has 1 saturated heterocycles. The van der Waals surface area contributed by atoms with Crippen LogP contribution in [0.4, 0.5) is 5.69 Å². The van der Waals surface area contributed by atoms with Crippen LogP contribution in [0.25, 0.3) is 10.9 Å². The minimum Gasteiger partial charge on any atom is -0.464 e. The van der Waals surface area contributed by atoms with Crippen molar-refractivity contribution in [3.8, 4) is 0 Å². The zero-order valence-corrected chi connectivity index (χ0v) is 19.9. The zero-order valence-electron chi connectivity index (χ0n) is 18.4. The van der Waals surface area contributed by atoms with Crippen molar-refractivity contribution in [2.45, 2.75) is 51.1 Å². The van der Waals surface area contributed by atoms with Crippen molar-refractivity contribution in [3.05, 3.63) is 28.4 Å². The number of carbonyl (C=O) groups is 2. The number of fused-ring (bicyclic) bond motifs is 1. The van der Waals surface area contributed by atoms with E-state index in [-0.39, 0.29) is 17.6 Å². The van der Waals surface area contributed by atoms with E-state index in [1.807, 2.05) is 25.1 Å². The van der Waals surface area contributed by atoms with E-state index in [1.54, 1.807) is 4.90 Å². The molecule has 1 aromatic carbocycles. The number of aromatic amines is 1. The quantitative estimate of drug-likeness (QED) is 0.473. The van der Waals surface area contributed by atoms with Crippen LogP contribution in [0.5, 0.6) is 0 Å². The van der Waals surface area contributed by atoms with Crippen LogP contribution in [0, 0.1) is 0 Å². The summed E-state index contributed by atoms with van der Waals surface area (Å²) in [6.45, 7) is 6.25. The van der Waals surface area contributed by atoms with Gasteiger partial charge in [0.15, 0.2) is 6.04 Å². The minimum absolute atomic E-state index is 0.0675. The van der Waals surface area contributed by atoms with E-state index in [0.29, 0.717) is 5.69 Å². The van der Waals surface area contributed by atoms with Crippen molar-refractivity contribution in [3.63, 3.8) is 0 Å². The summed E-state index contributed by atoms with van der Waals surface area (Å²) in [7, 11) is 1.34. The average Bonchev–Trinajstić information content (AvgIpc) is 3.16. The number of halogens is 1. The molecule has 4 N–H and O–H groups in total.